The highest BCUT2D eigenvalue weighted by Gasteiger charge is 2.22. The molecule has 1 unspecified atom stereocenters. The van der Waals surface area contributed by atoms with Gasteiger partial charge >= 0.3 is 0 Å². The van der Waals surface area contributed by atoms with Crippen LogP contribution in [0.1, 0.15) is 24.4 Å². The summed E-state index contributed by atoms with van der Waals surface area (Å²) in [7, 11) is 0. The lowest BCUT2D eigenvalue weighted by molar-refractivity contribution is -0.115. The normalized spacial score (nSPS) is 12.1. The molecule has 1 atom stereocenters. The van der Waals surface area contributed by atoms with E-state index in [0.29, 0.717) is 16.7 Å². The highest BCUT2D eigenvalue weighted by molar-refractivity contribution is 8.00. The van der Waals surface area contributed by atoms with E-state index >= 15 is 0 Å². The molecule has 0 radical (unpaired) electrons. The van der Waals surface area contributed by atoms with Crippen molar-refractivity contribution in [2.45, 2.75) is 24.0 Å². The number of rotatable bonds is 5. The monoisotopic (exact) mass is 355 g/mol. The van der Waals surface area contributed by atoms with Gasteiger partial charge in [-0.05, 0) is 43.3 Å². The molecule has 0 saturated heterocycles. The van der Waals surface area contributed by atoms with E-state index in [2.05, 4.69) is 5.32 Å². The van der Waals surface area contributed by atoms with E-state index in [4.69, 9.17) is 4.42 Å². The number of anilines is 1. The van der Waals surface area contributed by atoms with E-state index in [0.717, 1.165) is 4.90 Å². The van der Waals surface area contributed by atoms with Crippen LogP contribution in [0.2, 0.25) is 0 Å². The smallest absolute Gasteiger partial charge is 0.237 e. The lowest BCUT2D eigenvalue weighted by atomic mass is 10.2. The summed E-state index contributed by atoms with van der Waals surface area (Å²) in [6, 6.07) is 13.8. The Balaban J connectivity index is 1.82. The number of benzene rings is 2. The topological polar surface area (TPSA) is 79.5 Å². The molecule has 128 valence electrons. The van der Waals surface area contributed by atoms with Gasteiger partial charge in [0.1, 0.15) is 11.3 Å². The Kier molecular flexibility index (Phi) is 4.81. The molecule has 0 saturated carbocycles. The van der Waals surface area contributed by atoms with Crippen LogP contribution < -0.4 is 5.32 Å². The zero-order valence-electron chi connectivity index (χ0n) is 13.8. The molecule has 3 rings (SSSR count). The summed E-state index contributed by atoms with van der Waals surface area (Å²) in [5.41, 5.74) is 0.966. The van der Waals surface area contributed by atoms with Crippen LogP contribution in [0.3, 0.4) is 0 Å². The van der Waals surface area contributed by atoms with Crippen molar-refractivity contribution < 1.29 is 19.1 Å². The van der Waals surface area contributed by atoms with E-state index in [1.807, 2.05) is 12.1 Å². The van der Waals surface area contributed by atoms with Crippen molar-refractivity contribution in [1.29, 1.82) is 0 Å². The molecule has 0 fully saturated rings. The minimum Gasteiger partial charge on any atom is -0.508 e. The molecule has 0 aliphatic rings. The third kappa shape index (κ3) is 3.69. The van der Waals surface area contributed by atoms with Gasteiger partial charge in [0.25, 0.3) is 0 Å². The number of furan rings is 1. The molecule has 5 nitrogen and oxygen atoms in total. The molecule has 25 heavy (non-hydrogen) atoms. The summed E-state index contributed by atoms with van der Waals surface area (Å²) in [5.74, 6) is -0.147. The van der Waals surface area contributed by atoms with Crippen LogP contribution >= 0.6 is 11.8 Å². The lowest BCUT2D eigenvalue weighted by Gasteiger charge is -2.12. The molecule has 3 aromatic rings. The highest BCUT2D eigenvalue weighted by Crippen LogP contribution is 2.32. The number of aromatic hydroxyl groups is 1. The first-order chi connectivity index (χ1) is 12.0. The van der Waals surface area contributed by atoms with Crippen molar-refractivity contribution >= 4 is 40.1 Å². The molecule has 0 aliphatic heterocycles. The lowest BCUT2D eigenvalue weighted by Crippen LogP contribution is -2.23. The van der Waals surface area contributed by atoms with E-state index in [1.165, 1.54) is 18.7 Å². The quantitative estimate of drug-likeness (QED) is 0.522. The minimum absolute atomic E-state index is 0.149. The summed E-state index contributed by atoms with van der Waals surface area (Å²) < 4.78 is 5.57. The van der Waals surface area contributed by atoms with Crippen LogP contribution in [0.25, 0.3) is 11.0 Å². The van der Waals surface area contributed by atoms with Gasteiger partial charge in [-0.15, -0.1) is 11.8 Å². The first kappa shape index (κ1) is 17.1. The van der Waals surface area contributed by atoms with E-state index < -0.39 is 5.25 Å². The molecule has 0 bridgehead atoms. The molecule has 1 amide bonds. The largest absolute Gasteiger partial charge is 0.508 e. The van der Waals surface area contributed by atoms with Gasteiger partial charge in [-0.1, -0.05) is 12.1 Å². The van der Waals surface area contributed by atoms with Crippen LogP contribution in [0.4, 0.5) is 5.69 Å². The van der Waals surface area contributed by atoms with E-state index in [1.54, 1.807) is 43.3 Å². The van der Waals surface area contributed by atoms with Gasteiger partial charge in [0.05, 0.1) is 10.9 Å². The first-order valence-corrected chi connectivity index (χ1v) is 8.62. The minimum atomic E-state index is -0.391. The number of amides is 1. The van der Waals surface area contributed by atoms with E-state index in [-0.39, 0.29) is 23.2 Å². The Labute approximate surface area is 149 Å². The Bertz CT molecular complexity index is 930. The number of ketones is 1. The van der Waals surface area contributed by atoms with Crippen molar-refractivity contribution in [3.8, 4) is 5.75 Å². The number of fused-ring (bicyclic) bond motifs is 1. The van der Waals surface area contributed by atoms with Crippen molar-refractivity contribution in [3.05, 3.63) is 54.3 Å². The summed E-state index contributed by atoms with van der Waals surface area (Å²) in [5, 5.41) is 12.5. The third-order valence-corrected chi connectivity index (χ3v) is 4.79. The fourth-order valence-corrected chi connectivity index (χ4v) is 3.29. The van der Waals surface area contributed by atoms with Gasteiger partial charge < -0.3 is 14.8 Å². The number of Topliss-reactive ketones (excluding diaryl/α,β-unsaturated/α-hetero) is 1. The average molecular weight is 355 g/mol. The highest BCUT2D eigenvalue weighted by atomic mass is 32.2. The maximum atomic E-state index is 12.6. The molecular weight excluding hydrogens is 338 g/mol. The second kappa shape index (κ2) is 7.03. The number of hydrogen-bond donors (Lipinski definition) is 2. The zero-order valence-corrected chi connectivity index (χ0v) is 14.6. The van der Waals surface area contributed by atoms with Crippen LogP contribution in [0, 0.1) is 0 Å². The average Bonchev–Trinajstić information content (AvgIpc) is 2.96. The molecule has 2 N–H and O–H groups in total. The fourth-order valence-electron chi connectivity index (χ4n) is 2.42. The molecule has 1 heterocycles. The number of para-hydroxylation sites is 1. The SMILES string of the molecule is CC(=O)c1oc2ccccc2c1NC(=O)C(C)Sc1ccc(O)cc1. The number of thioether (sulfide) groups is 1. The second-order valence-electron chi connectivity index (χ2n) is 5.60. The molecular formula is C19H17NO4S. The standard InChI is InChI=1S/C19H17NO4S/c1-11(21)18-17(15-5-3-4-6-16(15)24-18)20-19(23)12(2)25-14-9-7-13(22)8-10-14/h3-10,12,22H,1-2H3,(H,20,23). The Morgan fingerprint density at radius 3 is 2.48 bits per heavy atom. The Hall–Kier alpha value is -2.73. The molecule has 1 aromatic heterocycles. The first-order valence-electron chi connectivity index (χ1n) is 7.74. The number of nitrogens with one attached hydrogen (secondary N) is 1. The van der Waals surface area contributed by atoms with Gasteiger partial charge in [0, 0.05) is 17.2 Å². The Morgan fingerprint density at radius 2 is 1.80 bits per heavy atom. The number of hydrogen-bond acceptors (Lipinski definition) is 5. The summed E-state index contributed by atoms with van der Waals surface area (Å²) in [6.07, 6.45) is 0. The van der Waals surface area contributed by atoms with Gasteiger partial charge in [-0.25, -0.2) is 0 Å². The van der Waals surface area contributed by atoms with Gasteiger partial charge in [-0.3, -0.25) is 9.59 Å². The number of phenols is 1. The van der Waals surface area contributed by atoms with Crippen molar-refractivity contribution in [3.63, 3.8) is 0 Å². The third-order valence-electron chi connectivity index (χ3n) is 3.68. The van der Waals surface area contributed by atoms with Crippen LogP contribution in [0.15, 0.2) is 57.8 Å². The van der Waals surface area contributed by atoms with Crippen molar-refractivity contribution in [1.82, 2.24) is 0 Å². The molecule has 2 aromatic carbocycles. The molecule has 0 spiro atoms. The zero-order chi connectivity index (χ0) is 18.0. The summed E-state index contributed by atoms with van der Waals surface area (Å²) >= 11 is 1.36. The predicted octanol–water partition coefficient (Wildman–Crippen LogP) is 4.46. The van der Waals surface area contributed by atoms with Crippen molar-refractivity contribution in [2.24, 2.45) is 0 Å². The molecule has 0 aliphatic carbocycles. The van der Waals surface area contributed by atoms with Gasteiger partial charge in [-0.2, -0.15) is 0 Å². The van der Waals surface area contributed by atoms with Crippen LogP contribution in [0.5, 0.6) is 5.75 Å². The van der Waals surface area contributed by atoms with E-state index in [9.17, 15) is 14.7 Å². The van der Waals surface area contributed by atoms with Gasteiger partial charge in [0.15, 0.2) is 11.5 Å². The van der Waals surface area contributed by atoms with Crippen LogP contribution in [-0.4, -0.2) is 22.0 Å². The van der Waals surface area contributed by atoms with Crippen LogP contribution in [-0.2, 0) is 4.79 Å². The molecule has 6 heteroatoms. The maximum Gasteiger partial charge on any atom is 0.237 e. The number of carbonyl (C=O) groups is 2. The summed E-state index contributed by atoms with van der Waals surface area (Å²) in [4.78, 5) is 25.3. The number of carbonyl (C=O) groups excluding carboxylic acids is 2. The second-order valence-corrected chi connectivity index (χ2v) is 7.02. The van der Waals surface area contributed by atoms with Crippen molar-refractivity contribution in [2.75, 3.05) is 5.32 Å². The fraction of sp³-hybridized carbons (Fsp3) is 0.158. The maximum absolute atomic E-state index is 12.6. The number of phenolic OH excluding ortho intramolecular Hbond substituents is 1. The predicted molar refractivity (Wildman–Crippen MR) is 98.3 cm³/mol. The Morgan fingerprint density at radius 1 is 1.12 bits per heavy atom. The van der Waals surface area contributed by atoms with Gasteiger partial charge in [0.2, 0.25) is 5.91 Å². The summed E-state index contributed by atoms with van der Waals surface area (Å²) in [6.45, 7) is 3.19.